The Hall–Kier alpha value is 0.0300. The predicted octanol–water partition coefficient (Wildman–Crippen LogP) is 1.43. The maximum Gasteiger partial charge on any atom is 0.107 e. The minimum atomic E-state index is 0.854. The Morgan fingerprint density at radius 3 is 1.70 bits per heavy atom. The number of hydrogen-bond acceptors (Lipinski definition) is 3. The van der Waals surface area contributed by atoms with Crippen molar-refractivity contribution in [2.24, 2.45) is 11.7 Å². The summed E-state index contributed by atoms with van der Waals surface area (Å²) in [6, 6.07) is 5.68. The van der Waals surface area contributed by atoms with Crippen LogP contribution in [0.5, 0.6) is 0 Å². The number of pyridine rings is 1. The third kappa shape index (κ3) is 3.94. The Kier molecular flexibility index (Phi) is 5.81. The molecule has 10 heavy (non-hydrogen) atoms. The van der Waals surface area contributed by atoms with Gasteiger partial charge in [0.25, 0.3) is 0 Å². The van der Waals surface area contributed by atoms with Gasteiger partial charge in [-0.05, 0) is 44.0 Å². The zero-order valence-electron chi connectivity index (χ0n) is 5.09. The summed E-state index contributed by atoms with van der Waals surface area (Å²) < 4.78 is 1.71. The molecule has 0 aromatic carbocycles. The Bertz CT molecular complexity index is 175. The third-order valence-corrected chi connectivity index (χ3v) is 1.56. The number of nitrogens with zero attached hydrogens (tertiary/aromatic N) is 1. The minimum absolute atomic E-state index is 0.854. The zero-order valence-corrected chi connectivity index (χ0v) is 8.26. The second-order valence-corrected chi connectivity index (χ2v) is 2.91. The first-order valence-electron chi connectivity index (χ1n) is 2.40. The topological polar surface area (TPSA) is 64.9 Å². The minimum Gasteiger partial charge on any atom is -0.274 e. The molecule has 0 aliphatic heterocycles. The molecule has 56 valence electrons. The molecule has 1 heterocycles. The van der Waals surface area contributed by atoms with E-state index in [0.717, 1.165) is 9.21 Å². The maximum absolute atomic E-state index is 4.01. The van der Waals surface area contributed by atoms with Crippen molar-refractivity contribution in [3.63, 3.8) is 0 Å². The summed E-state index contributed by atoms with van der Waals surface area (Å²) in [6.45, 7) is 0. The molecule has 0 saturated carbocycles. The molecule has 4 N–H and O–H groups in total. The zero-order chi connectivity index (χ0) is 7.98. The van der Waals surface area contributed by atoms with E-state index in [0.29, 0.717) is 0 Å². The van der Waals surface area contributed by atoms with Crippen LogP contribution < -0.4 is 11.7 Å². The lowest BCUT2D eigenvalue weighted by Crippen LogP contribution is -2.02. The first-order valence-corrected chi connectivity index (χ1v) is 3.99. The summed E-state index contributed by atoms with van der Waals surface area (Å²) in [4.78, 5) is 4.01. The Morgan fingerprint density at radius 1 is 1.10 bits per heavy atom. The molecule has 0 aliphatic rings. The highest BCUT2D eigenvalue weighted by atomic mass is 79.9. The van der Waals surface area contributed by atoms with Crippen molar-refractivity contribution in [3.8, 4) is 0 Å². The Balaban J connectivity index is 0.000000371. The number of halogens is 2. The molecular weight excluding hydrogens is 262 g/mol. The van der Waals surface area contributed by atoms with E-state index in [1.54, 1.807) is 0 Å². The van der Waals surface area contributed by atoms with Gasteiger partial charge >= 0.3 is 0 Å². The molecule has 5 heteroatoms. The molecule has 0 unspecified atom stereocenters. The SMILES string of the molecule is Brc1cccc(Br)n1.NN. The van der Waals surface area contributed by atoms with Crippen molar-refractivity contribution in [2.45, 2.75) is 0 Å². The van der Waals surface area contributed by atoms with Crippen molar-refractivity contribution in [3.05, 3.63) is 27.4 Å². The van der Waals surface area contributed by atoms with Crippen LogP contribution in [0, 0.1) is 0 Å². The van der Waals surface area contributed by atoms with Crippen molar-refractivity contribution in [1.29, 1.82) is 0 Å². The molecule has 0 bridgehead atoms. The van der Waals surface area contributed by atoms with E-state index in [9.17, 15) is 0 Å². The third-order valence-electron chi connectivity index (χ3n) is 0.681. The van der Waals surface area contributed by atoms with Crippen LogP contribution in [-0.4, -0.2) is 4.98 Å². The molecule has 3 nitrogen and oxygen atoms in total. The van der Waals surface area contributed by atoms with Gasteiger partial charge in [-0.2, -0.15) is 0 Å². The fraction of sp³-hybridized carbons (Fsp3) is 0. The number of rotatable bonds is 0. The molecule has 1 aromatic rings. The normalized spacial score (nSPS) is 8.00. The van der Waals surface area contributed by atoms with Crippen LogP contribution in [0.3, 0.4) is 0 Å². The van der Waals surface area contributed by atoms with E-state index >= 15 is 0 Å². The van der Waals surface area contributed by atoms with E-state index in [2.05, 4.69) is 48.5 Å². The molecule has 0 amide bonds. The smallest absolute Gasteiger partial charge is 0.107 e. The monoisotopic (exact) mass is 267 g/mol. The quantitative estimate of drug-likeness (QED) is 0.425. The van der Waals surface area contributed by atoms with Crippen LogP contribution in [0.25, 0.3) is 0 Å². The summed E-state index contributed by atoms with van der Waals surface area (Å²) in [5, 5.41) is 0. The van der Waals surface area contributed by atoms with Gasteiger partial charge in [0.15, 0.2) is 0 Å². The van der Waals surface area contributed by atoms with Gasteiger partial charge < -0.3 is 0 Å². The first kappa shape index (κ1) is 10.0. The molecule has 0 spiro atoms. The van der Waals surface area contributed by atoms with E-state index < -0.39 is 0 Å². The van der Waals surface area contributed by atoms with Gasteiger partial charge in [0, 0.05) is 0 Å². The number of hydrogen-bond donors (Lipinski definition) is 2. The van der Waals surface area contributed by atoms with Gasteiger partial charge in [-0.1, -0.05) is 6.07 Å². The fourth-order valence-electron chi connectivity index (χ4n) is 0.383. The van der Waals surface area contributed by atoms with Crippen molar-refractivity contribution in [2.75, 3.05) is 0 Å². The van der Waals surface area contributed by atoms with Crippen LogP contribution in [0.1, 0.15) is 0 Å². The first-order chi connectivity index (χ1) is 4.79. The second kappa shape index (κ2) is 5.79. The van der Waals surface area contributed by atoms with Crippen molar-refractivity contribution >= 4 is 31.9 Å². The lowest BCUT2D eigenvalue weighted by atomic mass is 10.5. The van der Waals surface area contributed by atoms with Gasteiger partial charge in [0.2, 0.25) is 0 Å². The lowest BCUT2D eigenvalue weighted by molar-refractivity contribution is 1.23. The van der Waals surface area contributed by atoms with Crippen LogP contribution in [0.15, 0.2) is 27.4 Å². The second-order valence-electron chi connectivity index (χ2n) is 1.28. The predicted molar refractivity (Wildman–Crippen MR) is 48.0 cm³/mol. The van der Waals surface area contributed by atoms with Crippen molar-refractivity contribution in [1.82, 2.24) is 4.98 Å². The van der Waals surface area contributed by atoms with Crippen LogP contribution >= 0.6 is 31.9 Å². The Labute approximate surface area is 76.0 Å². The van der Waals surface area contributed by atoms with Gasteiger partial charge in [0.1, 0.15) is 9.21 Å². The molecule has 1 aromatic heterocycles. The van der Waals surface area contributed by atoms with Crippen LogP contribution in [0.2, 0.25) is 0 Å². The van der Waals surface area contributed by atoms with Gasteiger partial charge in [-0.3, -0.25) is 11.7 Å². The molecule has 0 aliphatic carbocycles. The van der Waals surface area contributed by atoms with Gasteiger partial charge in [-0.25, -0.2) is 4.98 Å². The summed E-state index contributed by atoms with van der Waals surface area (Å²) in [6.07, 6.45) is 0. The number of hydrazine groups is 1. The maximum atomic E-state index is 4.01. The van der Waals surface area contributed by atoms with Crippen molar-refractivity contribution < 1.29 is 0 Å². The average Bonchev–Trinajstić information content (AvgIpc) is 1.91. The Morgan fingerprint density at radius 2 is 1.50 bits per heavy atom. The molecular formula is C5H7Br2N3. The van der Waals surface area contributed by atoms with E-state index in [4.69, 9.17) is 0 Å². The molecule has 0 radical (unpaired) electrons. The highest BCUT2D eigenvalue weighted by molar-refractivity contribution is 9.11. The molecule has 1 rings (SSSR count). The standard InChI is InChI=1S/C5H3Br2N.H4N2/c6-4-2-1-3-5(7)8-4;1-2/h1-3H;1-2H2. The van der Waals surface area contributed by atoms with E-state index in [1.807, 2.05) is 18.2 Å². The summed E-state index contributed by atoms with van der Waals surface area (Å²) in [7, 11) is 0. The fourth-order valence-corrected chi connectivity index (χ4v) is 1.31. The molecule has 0 fully saturated rings. The van der Waals surface area contributed by atoms with Gasteiger partial charge in [-0.15, -0.1) is 0 Å². The summed E-state index contributed by atoms with van der Waals surface area (Å²) >= 11 is 6.44. The largest absolute Gasteiger partial charge is 0.274 e. The molecule has 0 atom stereocenters. The average molecular weight is 269 g/mol. The highest BCUT2D eigenvalue weighted by Crippen LogP contribution is 2.10. The van der Waals surface area contributed by atoms with E-state index in [-0.39, 0.29) is 0 Å². The molecule has 0 saturated heterocycles. The summed E-state index contributed by atoms with van der Waals surface area (Å²) in [5.74, 6) is 8.00. The number of nitrogens with two attached hydrogens (primary N) is 2. The van der Waals surface area contributed by atoms with Gasteiger partial charge in [0.05, 0.1) is 0 Å². The number of aromatic nitrogens is 1. The van der Waals surface area contributed by atoms with Crippen LogP contribution in [-0.2, 0) is 0 Å². The van der Waals surface area contributed by atoms with Crippen LogP contribution in [0.4, 0.5) is 0 Å². The highest BCUT2D eigenvalue weighted by Gasteiger charge is 1.85. The lowest BCUT2D eigenvalue weighted by Gasteiger charge is -1.86. The summed E-state index contributed by atoms with van der Waals surface area (Å²) in [5.41, 5.74) is 0. The van der Waals surface area contributed by atoms with E-state index in [1.165, 1.54) is 0 Å².